The Hall–Kier alpha value is -1.26. The summed E-state index contributed by atoms with van der Waals surface area (Å²) in [5.41, 5.74) is 0. The van der Waals surface area contributed by atoms with Crippen molar-refractivity contribution in [2.24, 2.45) is 0 Å². The molecule has 1 aliphatic rings. The molecule has 2 rings (SSSR count). The number of halogens is 6. The van der Waals surface area contributed by atoms with Crippen molar-refractivity contribution in [2.45, 2.75) is 54.7 Å². The fourth-order valence-electron chi connectivity index (χ4n) is 2.33. The molecule has 1 aromatic heterocycles. The highest BCUT2D eigenvalue weighted by atomic mass is 32.2. The second-order valence-corrected chi connectivity index (χ2v) is 7.10. The molecule has 1 saturated carbocycles. The van der Waals surface area contributed by atoms with Gasteiger partial charge in [0.15, 0.2) is 0 Å². The predicted octanol–water partition coefficient (Wildman–Crippen LogP) is 3.82. The van der Waals surface area contributed by atoms with Crippen LogP contribution in [0.3, 0.4) is 0 Å². The third kappa shape index (κ3) is 3.23. The summed E-state index contributed by atoms with van der Waals surface area (Å²) in [6.07, 6.45) is -8.81. The van der Waals surface area contributed by atoms with Crippen LogP contribution in [-0.4, -0.2) is 18.7 Å². The molecule has 0 aromatic carbocycles. The zero-order valence-corrected chi connectivity index (χ0v) is 11.8. The van der Waals surface area contributed by atoms with Gasteiger partial charge in [-0.15, -0.1) is 0 Å². The van der Waals surface area contributed by atoms with Crippen molar-refractivity contribution in [2.75, 3.05) is 0 Å². The molecule has 11 heteroatoms. The van der Waals surface area contributed by atoms with Gasteiger partial charge in [0.25, 0.3) is 0 Å². The zero-order chi connectivity index (χ0) is 16.8. The number of sulfone groups is 1. The molecule has 126 valence electrons. The van der Waals surface area contributed by atoms with Crippen molar-refractivity contribution in [3.63, 3.8) is 0 Å². The highest BCUT2D eigenvalue weighted by molar-refractivity contribution is 7.92. The monoisotopic (exact) mass is 351 g/mol. The van der Waals surface area contributed by atoms with Gasteiger partial charge >= 0.3 is 18.2 Å². The van der Waals surface area contributed by atoms with Crippen LogP contribution in [-0.2, 0) is 22.2 Å². The van der Waals surface area contributed by atoms with Gasteiger partial charge in [-0.25, -0.2) is 8.42 Å². The predicted molar refractivity (Wildman–Crippen MR) is 60.6 cm³/mol. The normalized spacial score (nSPS) is 18.6. The molecule has 0 amide bonds. The topological polar surface area (TPSA) is 60.2 Å². The molecule has 1 fully saturated rings. The minimum absolute atomic E-state index is 0.0911. The van der Waals surface area contributed by atoms with E-state index in [1.807, 2.05) is 0 Å². The number of hydrogen-bond acceptors (Lipinski definition) is 4. The summed E-state index contributed by atoms with van der Waals surface area (Å²) < 4.78 is 104. The average molecular weight is 351 g/mol. The first-order valence-corrected chi connectivity index (χ1v) is 7.88. The Kier molecular flexibility index (Phi) is 4.22. The molecular weight excluding hydrogens is 340 g/mol. The van der Waals surface area contributed by atoms with Gasteiger partial charge in [-0.05, 0) is 12.8 Å². The van der Waals surface area contributed by atoms with Crippen molar-refractivity contribution in [3.8, 4) is 0 Å². The molecule has 1 aliphatic carbocycles. The third-order valence-corrected chi connectivity index (χ3v) is 5.52. The number of alkyl halides is 6. The van der Waals surface area contributed by atoms with Gasteiger partial charge in [0.1, 0.15) is 0 Å². The first kappa shape index (κ1) is 17.1. The largest absolute Gasteiger partial charge is 0.468 e. The highest BCUT2D eigenvalue weighted by Gasteiger charge is 2.49. The van der Waals surface area contributed by atoms with Gasteiger partial charge in [-0.1, -0.05) is 19.3 Å². The number of aromatic nitrogens is 1. The number of oxazole rings is 1. The van der Waals surface area contributed by atoms with Crippen LogP contribution in [0, 0.1) is 0 Å². The van der Waals surface area contributed by atoms with Crippen molar-refractivity contribution < 1.29 is 39.2 Å². The molecular formula is C11H11F6NO3S. The number of hydrogen-bond donors (Lipinski definition) is 0. The van der Waals surface area contributed by atoms with Gasteiger partial charge in [-0.3, -0.25) is 0 Å². The molecule has 22 heavy (non-hydrogen) atoms. The summed E-state index contributed by atoms with van der Waals surface area (Å²) in [7, 11) is -4.64. The van der Waals surface area contributed by atoms with E-state index in [1.54, 1.807) is 0 Å². The van der Waals surface area contributed by atoms with Crippen LogP contribution in [0.4, 0.5) is 26.3 Å². The number of nitrogens with zero attached hydrogens (tertiary/aromatic N) is 1. The first-order valence-electron chi connectivity index (χ1n) is 6.33. The van der Waals surface area contributed by atoms with Crippen molar-refractivity contribution in [1.82, 2.24) is 4.98 Å². The Morgan fingerprint density at radius 3 is 1.95 bits per heavy atom. The summed E-state index contributed by atoms with van der Waals surface area (Å²) in [4.78, 5) is 2.60. The molecule has 0 bridgehead atoms. The molecule has 1 heterocycles. The summed E-state index contributed by atoms with van der Waals surface area (Å²) in [5.74, 6) is -4.43. The van der Waals surface area contributed by atoms with E-state index in [-0.39, 0.29) is 12.8 Å². The van der Waals surface area contributed by atoms with Gasteiger partial charge in [-0.2, -0.15) is 31.3 Å². The lowest BCUT2D eigenvalue weighted by atomic mass is 10.0. The van der Waals surface area contributed by atoms with Gasteiger partial charge < -0.3 is 4.42 Å². The van der Waals surface area contributed by atoms with Crippen LogP contribution < -0.4 is 0 Å². The van der Waals surface area contributed by atoms with Crippen LogP contribution in [0.2, 0.25) is 0 Å². The Morgan fingerprint density at radius 1 is 0.955 bits per heavy atom. The van der Waals surface area contributed by atoms with E-state index in [2.05, 4.69) is 9.40 Å². The van der Waals surface area contributed by atoms with E-state index in [9.17, 15) is 34.8 Å². The summed E-state index contributed by atoms with van der Waals surface area (Å²) in [6, 6.07) is 0. The van der Waals surface area contributed by atoms with Crippen LogP contribution in [0.15, 0.2) is 9.44 Å². The third-order valence-electron chi connectivity index (χ3n) is 3.36. The lowest BCUT2D eigenvalue weighted by Crippen LogP contribution is -2.26. The molecule has 0 aliphatic heterocycles. The fraction of sp³-hybridized carbons (Fsp3) is 0.727. The van der Waals surface area contributed by atoms with E-state index >= 15 is 0 Å². The summed E-state index contributed by atoms with van der Waals surface area (Å²) >= 11 is 0. The van der Waals surface area contributed by atoms with E-state index < -0.39 is 44.1 Å². The van der Waals surface area contributed by atoms with Crippen molar-refractivity contribution in [1.29, 1.82) is 0 Å². The fourth-order valence-corrected chi connectivity index (χ4v) is 4.23. The van der Waals surface area contributed by atoms with Crippen LogP contribution in [0.5, 0.6) is 0 Å². The zero-order valence-electron chi connectivity index (χ0n) is 11.0. The molecule has 1 aromatic rings. The Labute approximate surface area is 121 Å². The SMILES string of the molecule is O=S(=O)(c1nc(C(F)(F)F)oc1C(F)(F)F)C1CCCCC1. The minimum atomic E-state index is -5.38. The Bertz CT molecular complexity index is 640. The minimum Gasteiger partial charge on any atom is -0.427 e. The lowest BCUT2D eigenvalue weighted by molar-refractivity contribution is -0.173. The molecule has 0 saturated heterocycles. The maximum absolute atomic E-state index is 12.8. The van der Waals surface area contributed by atoms with E-state index in [1.165, 1.54) is 0 Å². The van der Waals surface area contributed by atoms with E-state index in [0.29, 0.717) is 12.8 Å². The van der Waals surface area contributed by atoms with E-state index in [0.717, 1.165) is 6.42 Å². The molecule has 0 atom stereocenters. The highest BCUT2D eigenvalue weighted by Crippen LogP contribution is 2.41. The second-order valence-electron chi connectivity index (χ2n) is 4.95. The molecule has 0 N–H and O–H groups in total. The van der Waals surface area contributed by atoms with E-state index in [4.69, 9.17) is 0 Å². The maximum Gasteiger partial charge on any atom is 0.468 e. The second kappa shape index (κ2) is 5.43. The summed E-state index contributed by atoms with van der Waals surface area (Å²) in [5, 5.41) is -2.84. The quantitative estimate of drug-likeness (QED) is 0.760. The van der Waals surface area contributed by atoms with Crippen LogP contribution >= 0.6 is 0 Å². The van der Waals surface area contributed by atoms with Crippen LogP contribution in [0.1, 0.15) is 43.8 Å². The Morgan fingerprint density at radius 2 is 1.50 bits per heavy atom. The molecule has 0 radical (unpaired) electrons. The van der Waals surface area contributed by atoms with Crippen molar-refractivity contribution in [3.05, 3.63) is 11.7 Å². The molecule has 0 spiro atoms. The molecule has 0 unspecified atom stereocenters. The standard InChI is InChI=1S/C11H11F6NO3S/c12-10(13,14)7-8(18-9(21-7)11(15,16)17)22(19,20)6-4-2-1-3-5-6/h6H,1-5H2. The summed E-state index contributed by atoms with van der Waals surface area (Å²) in [6.45, 7) is 0. The first-order chi connectivity index (χ1) is 9.94. The smallest absolute Gasteiger partial charge is 0.427 e. The van der Waals surface area contributed by atoms with Gasteiger partial charge in [0, 0.05) is 0 Å². The van der Waals surface area contributed by atoms with Gasteiger partial charge in [0.2, 0.25) is 20.6 Å². The number of rotatable bonds is 2. The average Bonchev–Trinajstić information content (AvgIpc) is 2.85. The lowest BCUT2D eigenvalue weighted by Gasteiger charge is -2.21. The van der Waals surface area contributed by atoms with Gasteiger partial charge in [0.05, 0.1) is 5.25 Å². The van der Waals surface area contributed by atoms with Crippen LogP contribution in [0.25, 0.3) is 0 Å². The molecule has 4 nitrogen and oxygen atoms in total. The maximum atomic E-state index is 12.8. The van der Waals surface area contributed by atoms with Crippen molar-refractivity contribution >= 4 is 9.84 Å². The Balaban J connectivity index is 2.55.